The number of aromatic nitrogens is 2. The van der Waals surface area contributed by atoms with Crippen LogP contribution < -0.4 is 9.47 Å². The van der Waals surface area contributed by atoms with Gasteiger partial charge in [0, 0.05) is 26.0 Å². The van der Waals surface area contributed by atoms with Crippen LogP contribution in [0.3, 0.4) is 0 Å². The summed E-state index contributed by atoms with van der Waals surface area (Å²) in [4.78, 5) is 26.4. The summed E-state index contributed by atoms with van der Waals surface area (Å²) in [5.74, 6) is 0.107. The summed E-state index contributed by atoms with van der Waals surface area (Å²) in [5, 5.41) is 11.4. The molecule has 8 heteroatoms. The van der Waals surface area contributed by atoms with Gasteiger partial charge in [-0.1, -0.05) is 0 Å². The Balaban J connectivity index is 2.36. The number of fused-ring (bicyclic) bond motifs is 3. The third-order valence-electron chi connectivity index (χ3n) is 3.45. The quantitative estimate of drug-likeness (QED) is 0.370. The van der Waals surface area contributed by atoms with E-state index >= 15 is 0 Å². The minimum Gasteiger partial charge on any atom is -0.492 e. The van der Waals surface area contributed by atoms with Gasteiger partial charge in [0.1, 0.15) is 5.82 Å². The second-order valence-electron chi connectivity index (χ2n) is 4.76. The number of benzene rings is 1. The molecule has 1 aromatic heterocycles. The maximum atomic E-state index is 11.4. The van der Waals surface area contributed by atoms with E-state index in [1.54, 1.807) is 6.07 Å². The number of aryl methyl sites for hydroxylation is 2. The zero-order valence-corrected chi connectivity index (χ0v) is 11.6. The fraction of sp³-hybridized carbons (Fsp3) is 0.385. The van der Waals surface area contributed by atoms with Crippen LogP contribution in [0.2, 0.25) is 0 Å². The van der Waals surface area contributed by atoms with Gasteiger partial charge in [-0.25, -0.2) is 4.98 Å². The lowest BCUT2D eigenvalue weighted by Crippen LogP contribution is -2.06. The molecule has 0 saturated carbocycles. The largest absolute Gasteiger partial charge is 0.492 e. The first-order chi connectivity index (χ1) is 10.0. The summed E-state index contributed by atoms with van der Waals surface area (Å²) in [7, 11) is 1.37. The third kappa shape index (κ3) is 1.99. The number of hydrogen-bond donors (Lipinski definition) is 0. The topological polar surface area (TPSA) is 96.5 Å². The van der Waals surface area contributed by atoms with Crippen molar-refractivity contribution in [3.8, 4) is 11.5 Å². The van der Waals surface area contributed by atoms with E-state index in [0.717, 1.165) is 25.2 Å². The molecular weight excluding hydrogens is 278 g/mol. The van der Waals surface area contributed by atoms with E-state index in [1.807, 2.05) is 4.57 Å². The smallest absolute Gasteiger partial charge is 0.343 e. The highest BCUT2D eigenvalue weighted by Gasteiger charge is 2.31. The number of hydrogen-bond acceptors (Lipinski definition) is 6. The maximum absolute atomic E-state index is 11.4. The molecule has 21 heavy (non-hydrogen) atoms. The predicted molar refractivity (Wildman–Crippen MR) is 72.6 cm³/mol. The van der Waals surface area contributed by atoms with E-state index in [-0.39, 0.29) is 22.7 Å². The average Bonchev–Trinajstić information content (AvgIpc) is 2.97. The van der Waals surface area contributed by atoms with Crippen LogP contribution in [0.15, 0.2) is 6.07 Å². The molecule has 3 rings (SSSR count). The SMILES string of the molecule is COc1cc2c(nc3n2CCC3)c([N+](=O)[O-])c1OC(C)=O. The molecule has 2 aromatic rings. The van der Waals surface area contributed by atoms with Gasteiger partial charge in [0.2, 0.25) is 0 Å². The maximum Gasteiger partial charge on any atom is 0.343 e. The Hall–Kier alpha value is -2.64. The molecule has 2 heterocycles. The van der Waals surface area contributed by atoms with Crippen molar-refractivity contribution in [2.45, 2.75) is 26.3 Å². The lowest BCUT2D eigenvalue weighted by atomic mass is 10.2. The first-order valence-corrected chi connectivity index (χ1v) is 6.46. The molecule has 0 atom stereocenters. The molecule has 0 aliphatic carbocycles. The van der Waals surface area contributed by atoms with Gasteiger partial charge in [-0.05, 0) is 6.42 Å². The summed E-state index contributed by atoms with van der Waals surface area (Å²) in [6, 6.07) is 1.63. The number of imidazole rings is 1. The second kappa shape index (κ2) is 4.72. The molecule has 0 saturated heterocycles. The summed E-state index contributed by atoms with van der Waals surface area (Å²) in [6.07, 6.45) is 1.73. The number of ether oxygens (including phenoxy) is 2. The van der Waals surface area contributed by atoms with E-state index in [0.29, 0.717) is 5.52 Å². The minimum atomic E-state index is -0.650. The summed E-state index contributed by atoms with van der Waals surface area (Å²) < 4.78 is 12.1. The van der Waals surface area contributed by atoms with E-state index in [1.165, 1.54) is 14.0 Å². The number of esters is 1. The molecule has 1 aliphatic rings. The van der Waals surface area contributed by atoms with Crippen molar-refractivity contribution in [2.75, 3.05) is 7.11 Å². The van der Waals surface area contributed by atoms with Crippen LogP contribution in [0.4, 0.5) is 5.69 Å². The number of nitro groups is 1. The molecule has 0 N–H and O–H groups in total. The lowest BCUT2D eigenvalue weighted by Gasteiger charge is -2.09. The van der Waals surface area contributed by atoms with Crippen LogP contribution in [0.5, 0.6) is 11.5 Å². The van der Waals surface area contributed by atoms with E-state index in [4.69, 9.17) is 9.47 Å². The number of nitro benzene ring substituents is 1. The first kappa shape index (κ1) is 13.3. The molecule has 0 bridgehead atoms. The minimum absolute atomic E-state index is 0.152. The van der Waals surface area contributed by atoms with Crippen LogP contribution in [0.1, 0.15) is 19.2 Å². The molecule has 8 nitrogen and oxygen atoms in total. The van der Waals surface area contributed by atoms with Crippen molar-refractivity contribution in [3.05, 3.63) is 22.0 Å². The fourth-order valence-corrected chi connectivity index (χ4v) is 2.65. The standard InChI is InChI=1S/C13H13N3O5/c1-7(17)21-13-9(20-2)6-8-11(12(13)16(18)19)14-10-4-3-5-15(8)10/h6H,3-5H2,1-2H3. The Kier molecular flexibility index (Phi) is 3.00. The van der Waals surface area contributed by atoms with Crippen molar-refractivity contribution >= 4 is 22.7 Å². The van der Waals surface area contributed by atoms with Crippen LogP contribution in [0.25, 0.3) is 11.0 Å². The number of methoxy groups -OCH3 is 1. The van der Waals surface area contributed by atoms with Crippen LogP contribution in [0, 0.1) is 10.1 Å². The number of rotatable bonds is 3. The van der Waals surface area contributed by atoms with Crippen LogP contribution >= 0.6 is 0 Å². The normalized spacial score (nSPS) is 13.2. The lowest BCUT2D eigenvalue weighted by molar-refractivity contribution is -0.384. The molecule has 1 aromatic carbocycles. The molecule has 0 radical (unpaired) electrons. The Morgan fingerprint density at radius 2 is 2.29 bits per heavy atom. The molecule has 0 fully saturated rings. The van der Waals surface area contributed by atoms with Gasteiger partial charge in [-0.3, -0.25) is 14.9 Å². The summed E-state index contributed by atoms with van der Waals surface area (Å²) in [5.41, 5.74) is 0.523. The number of nitrogens with zero attached hydrogens (tertiary/aromatic N) is 3. The Morgan fingerprint density at radius 3 is 2.90 bits per heavy atom. The van der Waals surface area contributed by atoms with Gasteiger partial charge in [0.25, 0.3) is 5.75 Å². The van der Waals surface area contributed by atoms with Gasteiger partial charge < -0.3 is 14.0 Å². The number of carbonyl (C=O) groups excluding carboxylic acids is 1. The highest BCUT2D eigenvalue weighted by molar-refractivity contribution is 5.92. The first-order valence-electron chi connectivity index (χ1n) is 6.46. The van der Waals surface area contributed by atoms with Crippen molar-refractivity contribution < 1.29 is 19.2 Å². The monoisotopic (exact) mass is 291 g/mol. The predicted octanol–water partition coefficient (Wildman–Crippen LogP) is 1.82. The van der Waals surface area contributed by atoms with Crippen LogP contribution in [-0.2, 0) is 17.8 Å². The molecule has 0 amide bonds. The van der Waals surface area contributed by atoms with Gasteiger partial charge >= 0.3 is 11.7 Å². The summed E-state index contributed by atoms with van der Waals surface area (Å²) in [6.45, 7) is 1.94. The zero-order valence-electron chi connectivity index (χ0n) is 11.6. The Morgan fingerprint density at radius 1 is 1.52 bits per heavy atom. The fourth-order valence-electron chi connectivity index (χ4n) is 2.65. The zero-order chi connectivity index (χ0) is 15.1. The van der Waals surface area contributed by atoms with E-state index < -0.39 is 10.9 Å². The Bertz CT molecular complexity index is 765. The van der Waals surface area contributed by atoms with E-state index in [2.05, 4.69) is 4.98 Å². The third-order valence-corrected chi connectivity index (χ3v) is 3.45. The second-order valence-corrected chi connectivity index (χ2v) is 4.76. The van der Waals surface area contributed by atoms with Crippen molar-refractivity contribution in [1.82, 2.24) is 9.55 Å². The van der Waals surface area contributed by atoms with E-state index in [9.17, 15) is 14.9 Å². The molecule has 1 aliphatic heterocycles. The number of carbonyl (C=O) groups is 1. The van der Waals surface area contributed by atoms with Gasteiger partial charge in [0.05, 0.1) is 17.5 Å². The molecular formula is C13H13N3O5. The summed E-state index contributed by atoms with van der Waals surface area (Å²) >= 11 is 0. The highest BCUT2D eigenvalue weighted by Crippen LogP contribution is 2.43. The van der Waals surface area contributed by atoms with Crippen molar-refractivity contribution in [3.63, 3.8) is 0 Å². The average molecular weight is 291 g/mol. The Labute approximate surface area is 119 Å². The molecule has 0 spiro atoms. The van der Waals surface area contributed by atoms with Crippen molar-refractivity contribution in [2.24, 2.45) is 0 Å². The van der Waals surface area contributed by atoms with Gasteiger partial charge in [0.15, 0.2) is 11.3 Å². The van der Waals surface area contributed by atoms with Gasteiger partial charge in [-0.15, -0.1) is 0 Å². The van der Waals surface area contributed by atoms with Crippen molar-refractivity contribution in [1.29, 1.82) is 0 Å². The van der Waals surface area contributed by atoms with Gasteiger partial charge in [-0.2, -0.15) is 0 Å². The molecule has 110 valence electrons. The van der Waals surface area contributed by atoms with Crippen LogP contribution in [-0.4, -0.2) is 27.6 Å². The highest BCUT2D eigenvalue weighted by atomic mass is 16.6. The molecule has 0 unspecified atom stereocenters.